The molecule has 0 saturated carbocycles. The Morgan fingerprint density at radius 3 is 3.10 bits per heavy atom. The molecule has 21 heavy (non-hydrogen) atoms. The van der Waals surface area contributed by atoms with Gasteiger partial charge in [-0.05, 0) is 17.7 Å². The van der Waals surface area contributed by atoms with Gasteiger partial charge in [-0.25, -0.2) is 4.68 Å². The molecule has 2 rings (SSSR count). The Hall–Kier alpha value is -2.41. The quantitative estimate of drug-likeness (QED) is 0.757. The number of amides is 1. The highest BCUT2D eigenvalue weighted by molar-refractivity contribution is 5.75. The van der Waals surface area contributed by atoms with E-state index in [9.17, 15) is 4.79 Å². The van der Waals surface area contributed by atoms with Gasteiger partial charge < -0.3 is 15.2 Å². The first-order valence-corrected chi connectivity index (χ1v) is 6.61. The van der Waals surface area contributed by atoms with E-state index in [1.54, 1.807) is 13.3 Å². The Balaban J connectivity index is 1.83. The molecule has 1 amide bonds. The molecule has 112 valence electrons. The van der Waals surface area contributed by atoms with E-state index < -0.39 is 0 Å². The smallest absolute Gasteiger partial charge is 0.242 e. The molecule has 0 unspecified atom stereocenters. The number of aliphatic hydroxyl groups is 1. The molecule has 1 heterocycles. The molecule has 7 heteroatoms. The highest BCUT2D eigenvalue weighted by Gasteiger charge is 2.06. The average molecular weight is 290 g/mol. The van der Waals surface area contributed by atoms with E-state index >= 15 is 0 Å². The van der Waals surface area contributed by atoms with E-state index in [1.807, 2.05) is 24.3 Å². The minimum Gasteiger partial charge on any atom is -0.497 e. The van der Waals surface area contributed by atoms with Gasteiger partial charge >= 0.3 is 0 Å². The van der Waals surface area contributed by atoms with Crippen LogP contribution in [0.25, 0.3) is 0 Å². The van der Waals surface area contributed by atoms with Gasteiger partial charge in [0.2, 0.25) is 5.91 Å². The van der Waals surface area contributed by atoms with Crippen molar-refractivity contribution in [3.05, 3.63) is 41.7 Å². The Morgan fingerprint density at radius 1 is 1.48 bits per heavy atom. The second-order valence-electron chi connectivity index (χ2n) is 4.51. The predicted octanol–water partition coefficient (Wildman–Crippen LogP) is 0.138. The SMILES string of the molecule is COc1cccc(CNC(=O)Cn2cc(CCO)nn2)c1. The van der Waals surface area contributed by atoms with Crippen LogP contribution in [0, 0.1) is 0 Å². The lowest BCUT2D eigenvalue weighted by atomic mass is 10.2. The number of ether oxygens (including phenoxy) is 1. The number of rotatable bonds is 7. The summed E-state index contributed by atoms with van der Waals surface area (Å²) in [5.41, 5.74) is 1.63. The van der Waals surface area contributed by atoms with E-state index in [4.69, 9.17) is 9.84 Å². The zero-order chi connectivity index (χ0) is 15.1. The number of carbonyl (C=O) groups is 1. The summed E-state index contributed by atoms with van der Waals surface area (Å²) in [4.78, 5) is 11.8. The van der Waals surface area contributed by atoms with E-state index in [1.165, 1.54) is 4.68 Å². The lowest BCUT2D eigenvalue weighted by Gasteiger charge is -2.06. The number of nitrogens with zero attached hydrogens (tertiary/aromatic N) is 3. The maximum atomic E-state index is 11.8. The first-order chi connectivity index (χ1) is 10.2. The Bertz CT molecular complexity index is 597. The van der Waals surface area contributed by atoms with E-state index in [2.05, 4.69) is 15.6 Å². The van der Waals surface area contributed by atoms with Crippen LogP contribution in [-0.4, -0.2) is 39.7 Å². The first-order valence-electron chi connectivity index (χ1n) is 6.61. The van der Waals surface area contributed by atoms with Crippen molar-refractivity contribution >= 4 is 5.91 Å². The Kier molecular flexibility index (Phi) is 5.28. The number of nitrogens with one attached hydrogen (secondary N) is 1. The second-order valence-corrected chi connectivity index (χ2v) is 4.51. The fraction of sp³-hybridized carbons (Fsp3) is 0.357. The third kappa shape index (κ3) is 4.57. The average Bonchev–Trinajstić information content (AvgIpc) is 2.93. The van der Waals surface area contributed by atoms with Gasteiger partial charge in [-0.2, -0.15) is 0 Å². The van der Waals surface area contributed by atoms with Crippen molar-refractivity contribution in [2.24, 2.45) is 0 Å². The minimum absolute atomic E-state index is 0.0146. The molecule has 0 bridgehead atoms. The van der Waals surface area contributed by atoms with Crippen LogP contribution in [0.3, 0.4) is 0 Å². The number of benzene rings is 1. The summed E-state index contributed by atoms with van der Waals surface area (Å²) in [6.07, 6.45) is 2.09. The summed E-state index contributed by atoms with van der Waals surface area (Å²) < 4.78 is 6.58. The summed E-state index contributed by atoms with van der Waals surface area (Å²) in [6, 6.07) is 7.51. The standard InChI is InChI=1S/C14H18N4O3/c1-21-13-4-2-3-11(7-13)8-15-14(20)10-18-9-12(5-6-19)16-17-18/h2-4,7,9,19H,5-6,8,10H2,1H3,(H,15,20). The zero-order valence-electron chi connectivity index (χ0n) is 11.8. The fourth-order valence-corrected chi connectivity index (χ4v) is 1.83. The molecule has 2 aromatic rings. The van der Waals surface area contributed by atoms with Crippen molar-refractivity contribution in [2.45, 2.75) is 19.5 Å². The third-order valence-electron chi connectivity index (χ3n) is 2.88. The van der Waals surface area contributed by atoms with Gasteiger partial charge in [-0.1, -0.05) is 17.3 Å². The molecule has 0 atom stereocenters. The van der Waals surface area contributed by atoms with Gasteiger partial charge in [0, 0.05) is 25.8 Å². The van der Waals surface area contributed by atoms with Crippen molar-refractivity contribution in [3.8, 4) is 5.75 Å². The summed E-state index contributed by atoms with van der Waals surface area (Å²) in [5, 5.41) is 19.3. The van der Waals surface area contributed by atoms with Crippen molar-refractivity contribution in [2.75, 3.05) is 13.7 Å². The summed E-state index contributed by atoms with van der Waals surface area (Å²) in [7, 11) is 1.60. The number of carbonyl (C=O) groups excluding carboxylic acids is 1. The molecule has 0 aliphatic rings. The Labute approximate surface area is 122 Å². The highest BCUT2D eigenvalue weighted by Crippen LogP contribution is 2.12. The van der Waals surface area contributed by atoms with Crippen LogP contribution in [-0.2, 0) is 24.3 Å². The first kappa shape index (κ1) is 15.0. The van der Waals surface area contributed by atoms with Crippen LogP contribution in [0.2, 0.25) is 0 Å². The van der Waals surface area contributed by atoms with Crippen LogP contribution < -0.4 is 10.1 Å². The largest absolute Gasteiger partial charge is 0.497 e. The molecule has 1 aromatic carbocycles. The molecule has 2 N–H and O–H groups in total. The molecule has 7 nitrogen and oxygen atoms in total. The molecular weight excluding hydrogens is 272 g/mol. The van der Waals surface area contributed by atoms with Crippen LogP contribution in [0.5, 0.6) is 5.75 Å². The maximum absolute atomic E-state index is 11.8. The minimum atomic E-state index is -0.154. The monoisotopic (exact) mass is 290 g/mol. The van der Waals surface area contributed by atoms with E-state index in [0.29, 0.717) is 18.7 Å². The topological polar surface area (TPSA) is 89.3 Å². The van der Waals surface area contributed by atoms with Gasteiger partial charge in [-0.15, -0.1) is 5.10 Å². The molecule has 0 fully saturated rings. The molecule has 0 saturated heterocycles. The van der Waals surface area contributed by atoms with E-state index in [0.717, 1.165) is 11.3 Å². The molecule has 0 radical (unpaired) electrons. The van der Waals surface area contributed by atoms with Crippen LogP contribution in [0.15, 0.2) is 30.5 Å². The normalized spacial score (nSPS) is 10.4. The number of methoxy groups -OCH3 is 1. The van der Waals surface area contributed by atoms with Gasteiger partial charge in [-0.3, -0.25) is 4.79 Å². The number of hydrogen-bond donors (Lipinski definition) is 2. The van der Waals surface area contributed by atoms with Crippen LogP contribution in [0.1, 0.15) is 11.3 Å². The van der Waals surface area contributed by atoms with Gasteiger partial charge in [0.15, 0.2) is 0 Å². The van der Waals surface area contributed by atoms with E-state index in [-0.39, 0.29) is 19.1 Å². The predicted molar refractivity (Wildman–Crippen MR) is 75.7 cm³/mol. The molecule has 0 aliphatic heterocycles. The summed E-state index contributed by atoms with van der Waals surface area (Å²) in [6.45, 7) is 0.539. The van der Waals surface area contributed by atoms with Crippen molar-refractivity contribution < 1.29 is 14.6 Å². The van der Waals surface area contributed by atoms with Gasteiger partial charge in [0.05, 0.1) is 12.8 Å². The summed E-state index contributed by atoms with van der Waals surface area (Å²) >= 11 is 0. The zero-order valence-corrected chi connectivity index (χ0v) is 11.8. The molecular formula is C14H18N4O3. The van der Waals surface area contributed by atoms with Crippen LogP contribution >= 0.6 is 0 Å². The molecule has 1 aromatic heterocycles. The van der Waals surface area contributed by atoms with Crippen molar-refractivity contribution in [3.63, 3.8) is 0 Å². The lowest BCUT2D eigenvalue weighted by Crippen LogP contribution is -2.27. The third-order valence-corrected chi connectivity index (χ3v) is 2.88. The van der Waals surface area contributed by atoms with Crippen molar-refractivity contribution in [1.29, 1.82) is 0 Å². The lowest BCUT2D eigenvalue weighted by molar-refractivity contribution is -0.122. The second kappa shape index (κ2) is 7.39. The van der Waals surface area contributed by atoms with Crippen LogP contribution in [0.4, 0.5) is 0 Å². The highest BCUT2D eigenvalue weighted by atomic mass is 16.5. The number of aromatic nitrogens is 3. The Morgan fingerprint density at radius 2 is 2.33 bits per heavy atom. The molecule has 0 aliphatic carbocycles. The fourth-order valence-electron chi connectivity index (χ4n) is 1.83. The number of hydrogen-bond acceptors (Lipinski definition) is 5. The number of aliphatic hydroxyl groups excluding tert-OH is 1. The van der Waals surface area contributed by atoms with Gasteiger partial charge in [0.25, 0.3) is 0 Å². The maximum Gasteiger partial charge on any atom is 0.242 e. The summed E-state index contributed by atoms with van der Waals surface area (Å²) in [5.74, 6) is 0.602. The molecule has 0 spiro atoms. The van der Waals surface area contributed by atoms with Crippen molar-refractivity contribution in [1.82, 2.24) is 20.3 Å². The van der Waals surface area contributed by atoms with Gasteiger partial charge in [0.1, 0.15) is 12.3 Å².